The minimum Gasteiger partial charge on any atom is -0.477 e. The molecule has 3 rings (SSSR count). The average molecular weight is 289 g/mol. The van der Waals surface area contributed by atoms with Gasteiger partial charge in [0.05, 0.1) is 5.25 Å². The Morgan fingerprint density at radius 3 is 2.90 bits per heavy atom. The van der Waals surface area contributed by atoms with Crippen LogP contribution in [0.4, 0.5) is 5.82 Å². The molecule has 0 radical (unpaired) electrons. The van der Waals surface area contributed by atoms with Crippen molar-refractivity contribution in [2.75, 3.05) is 5.32 Å². The molecule has 0 spiro atoms. The van der Waals surface area contributed by atoms with Gasteiger partial charge >= 0.3 is 5.97 Å². The Hall–Kier alpha value is -2.28. The fourth-order valence-corrected chi connectivity index (χ4v) is 3.23. The maximum Gasteiger partial charge on any atom is 0.353 e. The normalized spacial score (nSPS) is 16.7. The minimum atomic E-state index is -1.11. The van der Waals surface area contributed by atoms with Gasteiger partial charge in [-0.25, -0.2) is 4.79 Å². The molecule has 1 amide bonds. The van der Waals surface area contributed by atoms with E-state index in [0.717, 1.165) is 10.5 Å². The van der Waals surface area contributed by atoms with Crippen molar-refractivity contribution in [2.45, 2.75) is 16.6 Å². The van der Waals surface area contributed by atoms with Gasteiger partial charge in [0.25, 0.3) is 0 Å². The molecule has 0 saturated heterocycles. The number of aromatic carboxylic acids is 1. The molecule has 1 aliphatic heterocycles. The number of fused-ring (bicyclic) bond motifs is 1. The molecule has 2 aromatic rings. The first-order chi connectivity index (χ1) is 9.63. The molecule has 1 aromatic carbocycles. The number of thioether (sulfide) groups is 1. The van der Waals surface area contributed by atoms with E-state index in [1.807, 2.05) is 24.3 Å². The van der Waals surface area contributed by atoms with Crippen LogP contribution in [-0.2, 0) is 11.2 Å². The Kier molecular flexibility index (Phi) is 3.19. The molecular formula is C13H11N3O3S. The van der Waals surface area contributed by atoms with Crippen LogP contribution in [0.15, 0.2) is 35.2 Å². The van der Waals surface area contributed by atoms with Crippen LogP contribution in [0.25, 0.3) is 0 Å². The lowest BCUT2D eigenvalue weighted by molar-refractivity contribution is -0.115. The predicted octanol–water partition coefficient (Wildman–Crippen LogP) is 1.76. The van der Waals surface area contributed by atoms with Gasteiger partial charge in [0.2, 0.25) is 5.91 Å². The number of nitrogens with zero attached hydrogens (tertiary/aromatic N) is 1. The number of hydrogen-bond acceptors (Lipinski definition) is 4. The maximum atomic E-state index is 12.1. The number of H-pyrrole nitrogens is 1. The Labute approximate surface area is 118 Å². The van der Waals surface area contributed by atoms with Gasteiger partial charge in [0.15, 0.2) is 5.82 Å². The predicted molar refractivity (Wildman–Crippen MR) is 74.0 cm³/mol. The molecule has 1 unspecified atom stereocenters. The summed E-state index contributed by atoms with van der Waals surface area (Å²) in [4.78, 5) is 24.0. The molecule has 0 bridgehead atoms. The van der Waals surface area contributed by atoms with Crippen LogP contribution in [-0.4, -0.2) is 32.4 Å². The average Bonchev–Trinajstić information content (AvgIpc) is 3.04. The van der Waals surface area contributed by atoms with Crippen molar-refractivity contribution in [3.63, 3.8) is 0 Å². The second-order valence-corrected chi connectivity index (χ2v) is 5.62. The van der Waals surface area contributed by atoms with Crippen LogP contribution in [0.1, 0.15) is 16.1 Å². The van der Waals surface area contributed by atoms with Crippen LogP contribution >= 0.6 is 11.8 Å². The van der Waals surface area contributed by atoms with Crippen molar-refractivity contribution in [3.05, 3.63) is 41.6 Å². The minimum absolute atomic E-state index is 0.0531. The van der Waals surface area contributed by atoms with Crippen molar-refractivity contribution in [1.29, 1.82) is 0 Å². The zero-order chi connectivity index (χ0) is 14.1. The standard InChI is InChI=1S/C13H11N3O3S/c17-12(14-11-6-8(13(18)19)15-16-11)10-5-7-3-1-2-4-9(7)20-10/h1-4,6,10H,5H2,(H,18,19)(H2,14,15,16,17). The van der Waals surface area contributed by atoms with Crippen molar-refractivity contribution in [1.82, 2.24) is 10.2 Å². The molecule has 7 heteroatoms. The second kappa shape index (κ2) is 5.01. The molecule has 0 saturated carbocycles. The fraction of sp³-hybridized carbons (Fsp3) is 0.154. The Balaban J connectivity index is 1.67. The molecule has 102 valence electrons. The highest BCUT2D eigenvalue weighted by Gasteiger charge is 2.28. The summed E-state index contributed by atoms with van der Waals surface area (Å²) in [6, 6.07) is 9.19. The van der Waals surface area contributed by atoms with Gasteiger partial charge in [-0.05, 0) is 18.1 Å². The van der Waals surface area contributed by atoms with Crippen LogP contribution in [0, 0.1) is 0 Å². The van der Waals surface area contributed by atoms with Gasteiger partial charge in [0, 0.05) is 11.0 Å². The summed E-state index contributed by atoms with van der Waals surface area (Å²) < 4.78 is 0. The number of rotatable bonds is 3. The number of amides is 1. The van der Waals surface area contributed by atoms with E-state index < -0.39 is 5.97 Å². The second-order valence-electron chi connectivity index (χ2n) is 4.38. The largest absolute Gasteiger partial charge is 0.477 e. The number of nitrogens with one attached hydrogen (secondary N) is 2. The van der Waals surface area contributed by atoms with E-state index in [2.05, 4.69) is 15.5 Å². The Morgan fingerprint density at radius 1 is 1.40 bits per heavy atom. The van der Waals surface area contributed by atoms with Gasteiger partial charge in [-0.3, -0.25) is 9.89 Å². The van der Waals surface area contributed by atoms with E-state index in [4.69, 9.17) is 5.11 Å². The van der Waals surface area contributed by atoms with E-state index in [-0.39, 0.29) is 22.7 Å². The first-order valence-electron chi connectivity index (χ1n) is 5.97. The van der Waals surface area contributed by atoms with Crippen LogP contribution in [0.3, 0.4) is 0 Å². The first kappa shape index (κ1) is 12.7. The van der Waals surface area contributed by atoms with Crippen LogP contribution < -0.4 is 5.32 Å². The number of carbonyl (C=O) groups excluding carboxylic acids is 1. The number of carboxylic acids is 1. The van der Waals surface area contributed by atoms with E-state index in [9.17, 15) is 9.59 Å². The quantitative estimate of drug-likeness (QED) is 0.800. The number of carbonyl (C=O) groups is 2. The zero-order valence-corrected chi connectivity index (χ0v) is 11.1. The third-order valence-corrected chi connectivity index (χ3v) is 4.32. The molecule has 3 N–H and O–H groups in total. The Bertz CT molecular complexity index is 658. The SMILES string of the molecule is O=C(O)c1cc(NC(=O)C2Cc3ccccc3S2)n[nH]1. The van der Waals surface area contributed by atoms with E-state index >= 15 is 0 Å². The van der Waals surface area contributed by atoms with E-state index in [0.29, 0.717) is 6.42 Å². The summed E-state index contributed by atoms with van der Waals surface area (Å²) in [6.45, 7) is 0. The van der Waals surface area contributed by atoms with Gasteiger partial charge in [-0.1, -0.05) is 18.2 Å². The zero-order valence-electron chi connectivity index (χ0n) is 10.3. The highest BCUT2D eigenvalue weighted by molar-refractivity contribution is 8.01. The number of hydrogen-bond donors (Lipinski definition) is 3. The molecule has 6 nitrogen and oxygen atoms in total. The topological polar surface area (TPSA) is 95.1 Å². The van der Waals surface area contributed by atoms with Crippen LogP contribution in [0.2, 0.25) is 0 Å². The van der Waals surface area contributed by atoms with E-state index in [1.54, 1.807) is 0 Å². The maximum absolute atomic E-state index is 12.1. The number of benzene rings is 1. The molecule has 0 aliphatic carbocycles. The highest BCUT2D eigenvalue weighted by Crippen LogP contribution is 2.37. The summed E-state index contributed by atoms with van der Waals surface area (Å²) >= 11 is 1.51. The smallest absolute Gasteiger partial charge is 0.353 e. The van der Waals surface area contributed by atoms with Gasteiger partial charge in [-0.2, -0.15) is 5.10 Å². The molecule has 1 aromatic heterocycles. The first-order valence-corrected chi connectivity index (χ1v) is 6.85. The van der Waals surface area contributed by atoms with Gasteiger partial charge in [0.1, 0.15) is 5.69 Å². The highest BCUT2D eigenvalue weighted by atomic mass is 32.2. The molecule has 2 heterocycles. The lowest BCUT2D eigenvalue weighted by Gasteiger charge is -2.07. The van der Waals surface area contributed by atoms with Crippen LogP contribution in [0.5, 0.6) is 0 Å². The summed E-state index contributed by atoms with van der Waals surface area (Å²) in [5.74, 6) is -1.06. The lowest BCUT2D eigenvalue weighted by Crippen LogP contribution is -2.24. The monoisotopic (exact) mass is 289 g/mol. The summed E-state index contributed by atoms with van der Waals surface area (Å²) in [5.41, 5.74) is 1.11. The summed E-state index contributed by atoms with van der Waals surface area (Å²) in [5, 5.41) is 17.3. The summed E-state index contributed by atoms with van der Waals surface area (Å²) in [7, 11) is 0. The molecule has 0 fully saturated rings. The number of anilines is 1. The van der Waals surface area contributed by atoms with Crippen molar-refractivity contribution < 1.29 is 14.7 Å². The lowest BCUT2D eigenvalue weighted by atomic mass is 10.1. The molecule has 1 aliphatic rings. The molecule has 1 atom stereocenters. The number of carboxylic acid groups (broad SMARTS) is 1. The van der Waals surface area contributed by atoms with Gasteiger partial charge < -0.3 is 10.4 Å². The Morgan fingerprint density at radius 2 is 2.20 bits per heavy atom. The van der Waals surface area contributed by atoms with Crippen molar-refractivity contribution in [2.24, 2.45) is 0 Å². The fourth-order valence-electron chi connectivity index (χ4n) is 2.03. The number of aromatic amines is 1. The van der Waals surface area contributed by atoms with Gasteiger partial charge in [-0.15, -0.1) is 11.8 Å². The van der Waals surface area contributed by atoms with E-state index in [1.165, 1.54) is 17.8 Å². The summed E-state index contributed by atoms with van der Waals surface area (Å²) in [6.07, 6.45) is 0.670. The molecular weight excluding hydrogens is 278 g/mol. The number of aromatic nitrogens is 2. The van der Waals surface area contributed by atoms with Crippen molar-refractivity contribution >= 4 is 29.5 Å². The van der Waals surface area contributed by atoms with Crippen molar-refractivity contribution in [3.8, 4) is 0 Å². The molecule has 20 heavy (non-hydrogen) atoms. The third kappa shape index (κ3) is 2.39. The third-order valence-electron chi connectivity index (χ3n) is 3.00.